The van der Waals surface area contributed by atoms with Crippen LogP contribution in [0.1, 0.15) is 16.7 Å². The molecule has 4 rings (SSSR count). The Hall–Kier alpha value is -3.52. The lowest BCUT2D eigenvalue weighted by Gasteiger charge is -2.21. The molecule has 0 unspecified atom stereocenters. The van der Waals surface area contributed by atoms with Crippen LogP contribution in [0.3, 0.4) is 0 Å². The zero-order valence-corrected chi connectivity index (χ0v) is 15.3. The Balaban J connectivity index is 2.02. The van der Waals surface area contributed by atoms with Crippen molar-refractivity contribution in [2.24, 2.45) is 0 Å². The number of rotatable bonds is 3. The van der Waals surface area contributed by atoms with Crippen molar-refractivity contribution in [1.29, 1.82) is 5.26 Å². The van der Waals surface area contributed by atoms with E-state index < -0.39 is 0 Å². The third-order valence-electron chi connectivity index (χ3n) is 5.10. The van der Waals surface area contributed by atoms with E-state index in [1.165, 1.54) is 5.56 Å². The van der Waals surface area contributed by atoms with Crippen LogP contribution in [0.5, 0.6) is 11.5 Å². The van der Waals surface area contributed by atoms with Gasteiger partial charge in [0, 0.05) is 16.7 Å². The highest BCUT2D eigenvalue weighted by Crippen LogP contribution is 2.41. The molecule has 0 aliphatic heterocycles. The second-order valence-electron chi connectivity index (χ2n) is 6.48. The van der Waals surface area contributed by atoms with Crippen LogP contribution < -0.4 is 20.2 Å². The average Bonchev–Trinajstić information content (AvgIpc) is 2.72. The largest absolute Gasteiger partial charge is 0.493 e. The molecule has 1 aliphatic rings. The van der Waals surface area contributed by atoms with Crippen molar-refractivity contribution in [1.82, 2.24) is 0 Å². The molecule has 0 saturated heterocycles. The van der Waals surface area contributed by atoms with Crippen molar-refractivity contribution in [2.75, 3.05) is 20.0 Å². The number of ether oxygens (including phenoxy) is 2. The number of nitrogens with zero attached hydrogens (tertiary/aromatic N) is 1. The number of nitrogens with one attached hydrogen (secondary N) is 1. The van der Waals surface area contributed by atoms with E-state index in [9.17, 15) is 5.26 Å². The summed E-state index contributed by atoms with van der Waals surface area (Å²) < 4.78 is 10.8. The minimum absolute atomic E-state index is 0.373. The van der Waals surface area contributed by atoms with E-state index in [1.54, 1.807) is 14.2 Å². The predicted octanol–water partition coefficient (Wildman–Crippen LogP) is 3.40. The molecule has 0 radical (unpaired) electrons. The molecule has 1 aliphatic carbocycles. The van der Waals surface area contributed by atoms with Crippen LogP contribution in [-0.4, -0.2) is 14.2 Å². The van der Waals surface area contributed by atoms with Crippen molar-refractivity contribution < 1.29 is 14.5 Å². The first-order valence-electron chi connectivity index (χ1n) is 8.76. The van der Waals surface area contributed by atoms with Crippen LogP contribution in [-0.2, 0) is 12.8 Å². The first-order chi connectivity index (χ1) is 13.2. The highest BCUT2D eigenvalue weighted by atomic mass is 16.5. The average molecular weight is 358 g/mol. The van der Waals surface area contributed by atoms with E-state index in [-0.39, 0.29) is 0 Å². The smallest absolute Gasteiger partial charge is 0.289 e. The van der Waals surface area contributed by atoms with Gasteiger partial charge >= 0.3 is 0 Å². The maximum Gasteiger partial charge on any atom is 0.289 e. The third-order valence-corrected chi connectivity index (χ3v) is 5.10. The molecule has 0 bridgehead atoms. The van der Waals surface area contributed by atoms with Gasteiger partial charge in [-0.1, -0.05) is 30.3 Å². The molecule has 0 spiro atoms. The Kier molecular flexibility index (Phi) is 4.17. The summed E-state index contributed by atoms with van der Waals surface area (Å²) in [5, 5.41) is 9.78. The highest BCUT2D eigenvalue weighted by Gasteiger charge is 2.28. The Morgan fingerprint density at radius 1 is 1.04 bits per heavy atom. The molecule has 27 heavy (non-hydrogen) atoms. The molecular formula is C22H20N3O2+. The number of pyridine rings is 1. The van der Waals surface area contributed by atoms with Crippen LogP contribution in [0, 0.1) is 11.3 Å². The third kappa shape index (κ3) is 2.67. The van der Waals surface area contributed by atoms with Gasteiger partial charge in [0.1, 0.15) is 17.3 Å². The van der Waals surface area contributed by atoms with Crippen LogP contribution in [0.2, 0.25) is 0 Å². The zero-order chi connectivity index (χ0) is 19.0. The number of anilines is 1. The number of hydrogen-bond acceptors (Lipinski definition) is 4. The fourth-order valence-electron chi connectivity index (χ4n) is 3.83. The topological polar surface area (TPSA) is 82.4 Å². The minimum Gasteiger partial charge on any atom is -0.493 e. The van der Waals surface area contributed by atoms with E-state index in [2.05, 4.69) is 23.2 Å². The summed E-state index contributed by atoms with van der Waals surface area (Å²) in [5.41, 5.74) is 13.0. The summed E-state index contributed by atoms with van der Waals surface area (Å²) in [5.74, 6) is 1.64. The highest BCUT2D eigenvalue weighted by molar-refractivity contribution is 5.84. The number of nitrogen functional groups attached to an aromatic ring is 1. The molecule has 134 valence electrons. The van der Waals surface area contributed by atoms with Gasteiger partial charge in [0.05, 0.1) is 14.2 Å². The van der Waals surface area contributed by atoms with Crippen molar-refractivity contribution in [3.63, 3.8) is 0 Å². The number of benzene rings is 2. The van der Waals surface area contributed by atoms with Crippen molar-refractivity contribution in [3.05, 3.63) is 59.2 Å². The Morgan fingerprint density at radius 3 is 2.56 bits per heavy atom. The number of nitrogens with two attached hydrogens (primary N) is 1. The standard InChI is InChI=1S/C22H19N3O2/c1-26-18-10-8-14(11-19(18)27-2)20-16-9-7-13-5-3-4-6-15(13)21(16)25-22(24)17(20)12-23/h3-6,8,10-11H,7,9H2,1-2H3,(H2,24,25)/p+1. The van der Waals surface area contributed by atoms with Gasteiger partial charge in [0.2, 0.25) is 0 Å². The molecule has 1 aromatic heterocycles. The summed E-state index contributed by atoms with van der Waals surface area (Å²) in [6, 6.07) is 16.3. The fraction of sp³-hybridized carbons (Fsp3) is 0.182. The number of methoxy groups -OCH3 is 2. The summed E-state index contributed by atoms with van der Waals surface area (Å²) in [6.07, 6.45) is 1.76. The monoisotopic (exact) mass is 358 g/mol. The summed E-state index contributed by atoms with van der Waals surface area (Å²) in [7, 11) is 3.21. The number of aryl methyl sites for hydroxylation is 1. The zero-order valence-electron chi connectivity index (χ0n) is 15.3. The molecule has 3 aromatic rings. The summed E-state index contributed by atoms with van der Waals surface area (Å²) in [4.78, 5) is 3.26. The molecule has 0 saturated carbocycles. The second kappa shape index (κ2) is 6.65. The van der Waals surface area contributed by atoms with Crippen LogP contribution in [0.15, 0.2) is 42.5 Å². The number of nitriles is 1. The van der Waals surface area contributed by atoms with Crippen molar-refractivity contribution in [2.45, 2.75) is 12.8 Å². The SMILES string of the molecule is COc1ccc(-c2c(C#N)c(N)[nH+]c3c2CCc2ccccc2-3)cc1OC. The molecule has 5 heteroatoms. The minimum atomic E-state index is 0.373. The normalized spacial score (nSPS) is 11.9. The van der Waals surface area contributed by atoms with E-state index in [0.29, 0.717) is 22.9 Å². The lowest BCUT2D eigenvalue weighted by Crippen LogP contribution is -2.22. The first-order valence-corrected chi connectivity index (χ1v) is 8.76. The Bertz CT molecular complexity index is 1080. The maximum absolute atomic E-state index is 9.78. The summed E-state index contributed by atoms with van der Waals surface area (Å²) in [6.45, 7) is 0. The van der Waals surface area contributed by atoms with Gasteiger partial charge in [-0.2, -0.15) is 5.26 Å². The second-order valence-corrected chi connectivity index (χ2v) is 6.48. The van der Waals surface area contributed by atoms with Crippen molar-refractivity contribution >= 4 is 5.82 Å². The van der Waals surface area contributed by atoms with Gasteiger partial charge in [0.25, 0.3) is 5.82 Å². The molecule has 0 atom stereocenters. The lowest BCUT2D eigenvalue weighted by molar-refractivity contribution is -0.347. The molecular weight excluding hydrogens is 338 g/mol. The molecule has 2 aromatic carbocycles. The summed E-state index contributed by atoms with van der Waals surface area (Å²) >= 11 is 0. The molecule has 1 heterocycles. The molecule has 0 fully saturated rings. The van der Waals surface area contributed by atoms with E-state index >= 15 is 0 Å². The predicted molar refractivity (Wildman–Crippen MR) is 104 cm³/mol. The van der Waals surface area contributed by atoms with Gasteiger partial charge in [0.15, 0.2) is 11.5 Å². The number of fused-ring (bicyclic) bond motifs is 3. The Morgan fingerprint density at radius 2 is 1.81 bits per heavy atom. The van der Waals surface area contributed by atoms with Crippen LogP contribution in [0.4, 0.5) is 5.82 Å². The molecule has 3 N–H and O–H groups in total. The van der Waals surface area contributed by atoms with Gasteiger partial charge in [-0.15, -0.1) is 0 Å². The number of aromatic amines is 1. The Labute approximate surface area is 158 Å². The van der Waals surface area contributed by atoms with E-state index in [0.717, 1.165) is 40.8 Å². The van der Waals surface area contributed by atoms with Crippen molar-refractivity contribution in [3.8, 4) is 40.0 Å². The maximum atomic E-state index is 9.78. The van der Waals surface area contributed by atoms with Gasteiger partial charge < -0.3 is 9.47 Å². The fourth-order valence-corrected chi connectivity index (χ4v) is 3.83. The molecule has 5 nitrogen and oxygen atoms in total. The van der Waals surface area contributed by atoms with Gasteiger partial charge in [-0.3, -0.25) is 5.73 Å². The molecule has 0 amide bonds. The van der Waals surface area contributed by atoms with E-state index in [4.69, 9.17) is 15.2 Å². The quantitative estimate of drug-likeness (QED) is 0.778. The van der Waals surface area contributed by atoms with Gasteiger partial charge in [-0.25, -0.2) is 4.98 Å². The number of H-pyrrole nitrogens is 1. The lowest BCUT2D eigenvalue weighted by atomic mass is 9.83. The van der Waals surface area contributed by atoms with Crippen LogP contribution >= 0.6 is 0 Å². The number of hydrogen-bond donors (Lipinski definition) is 1. The number of aromatic nitrogens is 1. The van der Waals surface area contributed by atoms with E-state index in [1.807, 2.05) is 30.3 Å². The first kappa shape index (κ1) is 16.9. The van der Waals surface area contributed by atoms with Gasteiger partial charge in [-0.05, 0) is 36.1 Å². The van der Waals surface area contributed by atoms with Crippen LogP contribution in [0.25, 0.3) is 22.4 Å².